The van der Waals surface area contributed by atoms with Crippen LogP contribution >= 0.6 is 0 Å². The Morgan fingerprint density at radius 2 is 2.26 bits per heavy atom. The molecule has 1 fully saturated rings. The number of hydrogen-bond acceptors (Lipinski definition) is 4. The third-order valence-electron chi connectivity index (χ3n) is 3.80. The van der Waals surface area contributed by atoms with Gasteiger partial charge in [-0.3, -0.25) is 10.1 Å². The molecule has 1 aliphatic heterocycles. The molecule has 0 bridgehead atoms. The average Bonchev–Trinajstić information content (AvgIpc) is 2.39. The van der Waals surface area contributed by atoms with Crippen molar-refractivity contribution in [3.8, 4) is 0 Å². The first-order chi connectivity index (χ1) is 9.13. The number of nitro benzene ring substituents is 1. The number of aryl methyl sites for hydroxylation is 1. The number of piperidine rings is 1. The van der Waals surface area contributed by atoms with E-state index in [1.165, 1.54) is 6.42 Å². The van der Waals surface area contributed by atoms with Gasteiger partial charge in [0.15, 0.2) is 0 Å². The van der Waals surface area contributed by atoms with Gasteiger partial charge in [0.05, 0.1) is 4.92 Å². The van der Waals surface area contributed by atoms with E-state index in [-0.39, 0.29) is 17.2 Å². The van der Waals surface area contributed by atoms with E-state index in [9.17, 15) is 10.1 Å². The summed E-state index contributed by atoms with van der Waals surface area (Å²) >= 11 is 0. The first kappa shape index (κ1) is 13.8. The van der Waals surface area contributed by atoms with E-state index in [4.69, 9.17) is 5.11 Å². The van der Waals surface area contributed by atoms with Crippen molar-refractivity contribution in [3.63, 3.8) is 0 Å². The van der Waals surface area contributed by atoms with Crippen LogP contribution in [0.15, 0.2) is 18.2 Å². The van der Waals surface area contributed by atoms with Crippen LogP contribution in [0.4, 0.5) is 11.4 Å². The minimum Gasteiger partial charge on any atom is -0.396 e. The minimum atomic E-state index is -0.347. The largest absolute Gasteiger partial charge is 0.396 e. The fraction of sp³-hybridized carbons (Fsp3) is 0.571. The molecule has 0 aromatic heterocycles. The highest BCUT2D eigenvalue weighted by molar-refractivity contribution is 5.56. The summed E-state index contributed by atoms with van der Waals surface area (Å²) in [6, 6.07) is 5.63. The van der Waals surface area contributed by atoms with Gasteiger partial charge in [0.25, 0.3) is 5.69 Å². The number of aliphatic hydroxyl groups excluding tert-OH is 1. The summed E-state index contributed by atoms with van der Waals surface area (Å²) in [5.74, 6) is 0. The number of aliphatic hydroxyl groups is 1. The number of nitrogens with zero attached hydrogens (tertiary/aromatic N) is 2. The van der Waals surface area contributed by atoms with Crippen LogP contribution in [0.2, 0.25) is 0 Å². The summed E-state index contributed by atoms with van der Waals surface area (Å²) in [5, 5.41) is 20.0. The van der Waals surface area contributed by atoms with Gasteiger partial charge in [-0.1, -0.05) is 0 Å². The van der Waals surface area contributed by atoms with Gasteiger partial charge in [0.2, 0.25) is 0 Å². The third kappa shape index (κ3) is 3.04. The SMILES string of the molecule is Cc1cc(N2CCCCC2CCO)ccc1[N+](=O)[O-]. The Morgan fingerprint density at radius 1 is 1.47 bits per heavy atom. The van der Waals surface area contributed by atoms with Crippen LogP contribution in [-0.2, 0) is 0 Å². The summed E-state index contributed by atoms with van der Waals surface area (Å²) in [4.78, 5) is 12.8. The molecule has 1 atom stereocenters. The molecule has 104 valence electrons. The first-order valence-corrected chi connectivity index (χ1v) is 6.76. The van der Waals surface area contributed by atoms with E-state index >= 15 is 0 Å². The maximum atomic E-state index is 10.8. The predicted molar refractivity (Wildman–Crippen MR) is 74.5 cm³/mol. The van der Waals surface area contributed by atoms with Crippen molar-refractivity contribution in [1.29, 1.82) is 0 Å². The maximum absolute atomic E-state index is 10.8. The van der Waals surface area contributed by atoms with Gasteiger partial charge in [0, 0.05) is 36.5 Å². The lowest BCUT2D eigenvalue weighted by Gasteiger charge is -2.37. The second-order valence-electron chi connectivity index (χ2n) is 5.08. The first-order valence-electron chi connectivity index (χ1n) is 6.76. The van der Waals surface area contributed by atoms with Crippen molar-refractivity contribution in [2.75, 3.05) is 18.1 Å². The standard InChI is InChI=1S/C14H20N2O3/c1-11-10-13(5-6-14(11)16(18)19)15-8-3-2-4-12(15)7-9-17/h5-6,10,12,17H,2-4,7-9H2,1H3. The zero-order valence-electron chi connectivity index (χ0n) is 11.2. The zero-order valence-corrected chi connectivity index (χ0v) is 11.2. The molecule has 0 spiro atoms. The highest BCUT2D eigenvalue weighted by Gasteiger charge is 2.23. The molecule has 1 aromatic rings. The van der Waals surface area contributed by atoms with Crippen LogP contribution in [0.25, 0.3) is 0 Å². The van der Waals surface area contributed by atoms with E-state index in [1.54, 1.807) is 13.0 Å². The molecule has 0 saturated carbocycles. The van der Waals surface area contributed by atoms with E-state index in [2.05, 4.69) is 4.90 Å². The second kappa shape index (κ2) is 6.02. The molecule has 19 heavy (non-hydrogen) atoms. The summed E-state index contributed by atoms with van der Waals surface area (Å²) < 4.78 is 0. The lowest BCUT2D eigenvalue weighted by atomic mass is 9.98. The Kier molecular flexibility index (Phi) is 4.37. The summed E-state index contributed by atoms with van der Waals surface area (Å²) in [7, 11) is 0. The molecule has 2 rings (SSSR count). The van der Waals surface area contributed by atoms with Crippen LogP contribution in [0, 0.1) is 17.0 Å². The molecule has 1 saturated heterocycles. The lowest BCUT2D eigenvalue weighted by molar-refractivity contribution is -0.385. The quantitative estimate of drug-likeness (QED) is 0.670. The Bertz CT molecular complexity index is 460. The highest BCUT2D eigenvalue weighted by atomic mass is 16.6. The Labute approximate surface area is 113 Å². The maximum Gasteiger partial charge on any atom is 0.272 e. The fourth-order valence-electron chi connectivity index (χ4n) is 2.81. The fourth-order valence-corrected chi connectivity index (χ4v) is 2.81. The molecule has 1 aromatic carbocycles. The van der Waals surface area contributed by atoms with E-state index in [0.717, 1.165) is 31.5 Å². The van der Waals surface area contributed by atoms with E-state index in [1.807, 2.05) is 12.1 Å². The van der Waals surface area contributed by atoms with Crippen molar-refractivity contribution in [1.82, 2.24) is 0 Å². The normalized spacial score (nSPS) is 19.5. The number of anilines is 1. The molecule has 1 N–H and O–H groups in total. The van der Waals surface area contributed by atoms with Gasteiger partial charge >= 0.3 is 0 Å². The molecule has 5 nitrogen and oxygen atoms in total. The average molecular weight is 264 g/mol. The summed E-state index contributed by atoms with van der Waals surface area (Å²) in [5.41, 5.74) is 1.89. The predicted octanol–water partition coefficient (Wildman–Crippen LogP) is 2.64. The van der Waals surface area contributed by atoms with Crippen LogP contribution in [-0.4, -0.2) is 29.2 Å². The Morgan fingerprint density at radius 3 is 2.89 bits per heavy atom. The number of hydrogen-bond donors (Lipinski definition) is 1. The molecule has 1 unspecified atom stereocenters. The van der Waals surface area contributed by atoms with Crippen LogP contribution in [0.1, 0.15) is 31.2 Å². The van der Waals surface area contributed by atoms with E-state index < -0.39 is 0 Å². The molecular weight excluding hydrogens is 244 g/mol. The van der Waals surface area contributed by atoms with Crippen molar-refractivity contribution in [3.05, 3.63) is 33.9 Å². The van der Waals surface area contributed by atoms with Crippen LogP contribution < -0.4 is 4.90 Å². The number of rotatable bonds is 4. The molecule has 0 aliphatic carbocycles. The summed E-state index contributed by atoms with van der Waals surface area (Å²) in [6.07, 6.45) is 4.16. The topological polar surface area (TPSA) is 66.6 Å². The second-order valence-corrected chi connectivity index (χ2v) is 5.08. The smallest absolute Gasteiger partial charge is 0.272 e. The van der Waals surface area contributed by atoms with Crippen LogP contribution in [0.5, 0.6) is 0 Å². The van der Waals surface area contributed by atoms with Gasteiger partial charge in [-0.25, -0.2) is 0 Å². The van der Waals surface area contributed by atoms with Gasteiger partial charge in [-0.2, -0.15) is 0 Å². The molecule has 0 amide bonds. The molecule has 1 aliphatic rings. The Balaban J connectivity index is 2.24. The molecule has 5 heteroatoms. The van der Waals surface area contributed by atoms with Crippen LogP contribution in [0.3, 0.4) is 0 Å². The third-order valence-corrected chi connectivity index (χ3v) is 3.80. The molecule has 0 radical (unpaired) electrons. The van der Waals surface area contributed by atoms with Gasteiger partial charge in [0.1, 0.15) is 0 Å². The number of nitro groups is 1. The molecule has 1 heterocycles. The van der Waals surface area contributed by atoms with Crippen molar-refractivity contribution >= 4 is 11.4 Å². The lowest BCUT2D eigenvalue weighted by Crippen LogP contribution is -2.40. The summed E-state index contributed by atoms with van der Waals surface area (Å²) in [6.45, 7) is 2.92. The van der Waals surface area contributed by atoms with Crippen molar-refractivity contribution < 1.29 is 10.0 Å². The van der Waals surface area contributed by atoms with Crippen molar-refractivity contribution in [2.45, 2.75) is 38.6 Å². The van der Waals surface area contributed by atoms with Crippen molar-refractivity contribution in [2.24, 2.45) is 0 Å². The minimum absolute atomic E-state index is 0.166. The monoisotopic (exact) mass is 264 g/mol. The van der Waals surface area contributed by atoms with E-state index in [0.29, 0.717) is 11.6 Å². The zero-order chi connectivity index (χ0) is 13.8. The van der Waals surface area contributed by atoms with Gasteiger partial charge < -0.3 is 10.0 Å². The van der Waals surface area contributed by atoms with Gasteiger partial charge in [-0.15, -0.1) is 0 Å². The molecular formula is C14H20N2O3. The highest BCUT2D eigenvalue weighted by Crippen LogP contribution is 2.30. The number of benzene rings is 1. The Hall–Kier alpha value is -1.62. The van der Waals surface area contributed by atoms with Gasteiger partial charge in [-0.05, 0) is 44.7 Å².